The van der Waals surface area contributed by atoms with Crippen molar-refractivity contribution in [2.45, 2.75) is 39.7 Å². The van der Waals surface area contributed by atoms with Crippen molar-refractivity contribution < 1.29 is 14.7 Å². The minimum Gasteiger partial charge on any atom is -0.530 e. The van der Waals surface area contributed by atoms with Crippen LogP contribution >= 0.6 is 0 Å². The number of aryl methyl sites for hydroxylation is 1. The summed E-state index contributed by atoms with van der Waals surface area (Å²) in [6, 6.07) is 0. The molecule has 0 aliphatic carbocycles. The molecule has 114 valence electrons. The van der Waals surface area contributed by atoms with Gasteiger partial charge in [-0.15, -0.1) is 0 Å². The van der Waals surface area contributed by atoms with Gasteiger partial charge >= 0.3 is 0 Å². The van der Waals surface area contributed by atoms with E-state index in [1.165, 1.54) is 0 Å². The smallest absolute Gasteiger partial charge is 0.255 e. The highest BCUT2D eigenvalue weighted by Crippen LogP contribution is 2.19. The highest BCUT2D eigenvalue weighted by Gasteiger charge is 2.24. The lowest BCUT2D eigenvalue weighted by Crippen LogP contribution is -2.48. The molecular formula is C15H20N3O3-. The third-order valence-electron chi connectivity index (χ3n) is 3.51. The van der Waals surface area contributed by atoms with E-state index in [9.17, 15) is 14.7 Å². The number of hydrogen-bond donors (Lipinski definition) is 0. The van der Waals surface area contributed by atoms with Crippen LogP contribution in [0.3, 0.4) is 0 Å². The lowest BCUT2D eigenvalue weighted by atomic mass is 10.0. The molecule has 1 aromatic heterocycles. The molecule has 1 saturated heterocycles. The summed E-state index contributed by atoms with van der Waals surface area (Å²) in [6.45, 7) is 5.42. The van der Waals surface area contributed by atoms with Crippen molar-refractivity contribution in [2.24, 2.45) is 5.92 Å². The molecule has 2 amide bonds. The molecule has 0 spiro atoms. The molecule has 1 aliphatic rings. The molecule has 6 nitrogen and oxygen atoms in total. The Morgan fingerprint density at radius 3 is 2.95 bits per heavy atom. The molecule has 0 aromatic carbocycles. The summed E-state index contributed by atoms with van der Waals surface area (Å²) in [5.74, 6) is 0.128. The van der Waals surface area contributed by atoms with Gasteiger partial charge in [0.25, 0.3) is 5.91 Å². The number of carbonyl (C=O) groups is 2. The molecule has 21 heavy (non-hydrogen) atoms. The lowest BCUT2D eigenvalue weighted by Gasteiger charge is -2.28. The first-order valence-electron chi connectivity index (χ1n) is 7.22. The summed E-state index contributed by atoms with van der Waals surface area (Å²) < 4.78 is 1.98. The summed E-state index contributed by atoms with van der Waals surface area (Å²) in [6.07, 6.45) is 6.10. The Morgan fingerprint density at radius 2 is 2.29 bits per heavy atom. The molecule has 6 heteroatoms. The van der Waals surface area contributed by atoms with E-state index in [1.807, 2.05) is 10.8 Å². The molecule has 2 heterocycles. The number of likely N-dealkylation sites (tertiary alicyclic amines) is 1. The van der Waals surface area contributed by atoms with Crippen LogP contribution in [0.5, 0.6) is 0 Å². The molecule has 0 radical (unpaired) electrons. The van der Waals surface area contributed by atoms with Crippen LogP contribution in [0.1, 0.15) is 38.8 Å². The van der Waals surface area contributed by atoms with Crippen molar-refractivity contribution in [3.63, 3.8) is 0 Å². The van der Waals surface area contributed by atoms with Gasteiger partial charge in [-0.2, -0.15) is 0 Å². The minimum absolute atomic E-state index is 0.210. The molecule has 0 N–H and O–H groups in total. The molecular weight excluding hydrogens is 270 g/mol. The number of piperidine rings is 1. The van der Waals surface area contributed by atoms with Crippen LogP contribution in [0.25, 0.3) is 6.08 Å². The molecule has 0 atom stereocenters. The van der Waals surface area contributed by atoms with Crippen LogP contribution in [-0.4, -0.2) is 33.0 Å². The number of rotatable bonds is 4. The van der Waals surface area contributed by atoms with E-state index in [4.69, 9.17) is 0 Å². The fraction of sp³-hybridized carbons (Fsp3) is 0.533. The topological polar surface area (TPSA) is 78.3 Å². The molecule has 0 saturated carbocycles. The van der Waals surface area contributed by atoms with E-state index in [-0.39, 0.29) is 6.54 Å². The van der Waals surface area contributed by atoms with Gasteiger partial charge in [-0.1, -0.05) is 13.8 Å². The molecule has 2 rings (SSSR count). The highest BCUT2D eigenvalue weighted by molar-refractivity contribution is 6.04. The first-order valence-corrected chi connectivity index (χ1v) is 7.22. The maximum Gasteiger partial charge on any atom is 0.255 e. The fourth-order valence-corrected chi connectivity index (χ4v) is 2.28. The van der Waals surface area contributed by atoms with Gasteiger partial charge in [0.15, 0.2) is 0 Å². The Hall–Kier alpha value is -2.11. The van der Waals surface area contributed by atoms with E-state index >= 15 is 0 Å². The second-order valence-electron chi connectivity index (χ2n) is 5.71. The Bertz CT molecular complexity index is 560. The quantitative estimate of drug-likeness (QED) is 0.782. The van der Waals surface area contributed by atoms with E-state index in [2.05, 4.69) is 18.8 Å². The van der Waals surface area contributed by atoms with Crippen molar-refractivity contribution >= 4 is 18.1 Å². The second kappa shape index (κ2) is 6.56. The zero-order chi connectivity index (χ0) is 15.4. The molecule has 1 aliphatic heterocycles. The van der Waals surface area contributed by atoms with Crippen molar-refractivity contribution in [1.29, 1.82) is 0 Å². The molecule has 1 fully saturated rings. The van der Waals surface area contributed by atoms with Crippen molar-refractivity contribution in [3.8, 4) is 0 Å². The van der Waals surface area contributed by atoms with Gasteiger partial charge in [-0.25, -0.2) is 4.98 Å². The van der Waals surface area contributed by atoms with Crippen LogP contribution in [0.2, 0.25) is 0 Å². The number of aromatic nitrogens is 2. The zero-order valence-corrected chi connectivity index (χ0v) is 12.4. The standard InChI is InChI=1S/C15H21N3O3/c1-11(2)5-7-17-9-13(16-10-17)8-12-4-3-6-18(14(12)19)15(20)21/h8-11H,3-7H2,1-2H3,(H,20,21)/p-1/b12-8+. The van der Waals surface area contributed by atoms with Crippen molar-refractivity contribution in [3.05, 3.63) is 23.8 Å². The Morgan fingerprint density at radius 1 is 1.52 bits per heavy atom. The van der Waals surface area contributed by atoms with E-state index in [0.29, 0.717) is 30.0 Å². The van der Waals surface area contributed by atoms with Crippen LogP contribution in [0.15, 0.2) is 18.1 Å². The normalized spacial score (nSPS) is 17.8. The van der Waals surface area contributed by atoms with Crippen molar-refractivity contribution in [1.82, 2.24) is 14.5 Å². The van der Waals surface area contributed by atoms with Gasteiger partial charge in [0, 0.05) is 24.9 Å². The molecule has 0 bridgehead atoms. The fourth-order valence-electron chi connectivity index (χ4n) is 2.28. The van der Waals surface area contributed by atoms with Gasteiger partial charge in [-0.3, -0.25) is 9.69 Å². The zero-order valence-electron chi connectivity index (χ0n) is 12.4. The highest BCUT2D eigenvalue weighted by atomic mass is 16.4. The first-order chi connectivity index (χ1) is 9.97. The second-order valence-corrected chi connectivity index (χ2v) is 5.71. The van der Waals surface area contributed by atoms with Crippen LogP contribution < -0.4 is 5.11 Å². The summed E-state index contributed by atoms with van der Waals surface area (Å²) >= 11 is 0. The number of imide groups is 1. The number of carboxylic acid groups (broad SMARTS) is 1. The van der Waals surface area contributed by atoms with Gasteiger partial charge < -0.3 is 14.5 Å². The van der Waals surface area contributed by atoms with Gasteiger partial charge in [0.2, 0.25) is 0 Å². The number of amides is 2. The van der Waals surface area contributed by atoms with Gasteiger partial charge in [0.05, 0.1) is 12.0 Å². The maximum atomic E-state index is 12.0. The third kappa shape index (κ3) is 3.93. The minimum atomic E-state index is -1.44. The van der Waals surface area contributed by atoms with Crippen LogP contribution in [0, 0.1) is 5.92 Å². The number of imidazole rings is 1. The van der Waals surface area contributed by atoms with Crippen LogP contribution in [-0.2, 0) is 11.3 Å². The predicted octanol–water partition coefficient (Wildman–Crippen LogP) is 1.28. The maximum absolute atomic E-state index is 12.0. The average molecular weight is 290 g/mol. The Labute approximate surface area is 124 Å². The summed E-state index contributed by atoms with van der Waals surface area (Å²) in [4.78, 5) is 27.9. The Balaban J connectivity index is 2.08. The van der Waals surface area contributed by atoms with Crippen molar-refractivity contribution in [2.75, 3.05) is 6.54 Å². The van der Waals surface area contributed by atoms with Gasteiger partial charge in [0.1, 0.15) is 6.09 Å². The largest absolute Gasteiger partial charge is 0.530 e. The summed E-state index contributed by atoms with van der Waals surface area (Å²) in [7, 11) is 0. The number of carbonyl (C=O) groups excluding carboxylic acids is 2. The monoisotopic (exact) mass is 290 g/mol. The number of nitrogens with zero attached hydrogens (tertiary/aromatic N) is 3. The Kier molecular flexibility index (Phi) is 4.77. The average Bonchev–Trinajstić information content (AvgIpc) is 2.86. The summed E-state index contributed by atoms with van der Waals surface area (Å²) in [5.41, 5.74) is 1.15. The lowest BCUT2D eigenvalue weighted by molar-refractivity contribution is -0.263. The molecule has 1 aromatic rings. The SMILES string of the molecule is CC(C)CCn1cnc(/C=C2\CCCN(C(=O)[O-])C2=O)c1. The number of hydrogen-bond acceptors (Lipinski definition) is 4. The van der Waals surface area contributed by atoms with E-state index in [0.717, 1.165) is 17.9 Å². The van der Waals surface area contributed by atoms with Crippen LogP contribution in [0.4, 0.5) is 4.79 Å². The van der Waals surface area contributed by atoms with E-state index < -0.39 is 12.0 Å². The first kappa shape index (κ1) is 15.3. The third-order valence-corrected chi connectivity index (χ3v) is 3.51. The summed E-state index contributed by atoms with van der Waals surface area (Å²) in [5, 5.41) is 10.9. The van der Waals surface area contributed by atoms with E-state index in [1.54, 1.807) is 12.4 Å². The predicted molar refractivity (Wildman–Crippen MR) is 76.0 cm³/mol. The molecule has 0 unspecified atom stereocenters. The van der Waals surface area contributed by atoms with Gasteiger partial charge in [-0.05, 0) is 31.3 Å².